The van der Waals surface area contributed by atoms with Gasteiger partial charge in [0.05, 0.1) is 0 Å². The van der Waals surface area contributed by atoms with Gasteiger partial charge in [-0.05, 0) is 53.3 Å². The molecule has 0 saturated heterocycles. The molecule has 4 rings (SSSR count). The van der Waals surface area contributed by atoms with Crippen molar-refractivity contribution in [1.29, 1.82) is 0 Å². The third-order valence-corrected chi connectivity index (χ3v) is 5.36. The number of carbonyl (C=O) groups excluding carboxylic acids is 1. The van der Waals surface area contributed by atoms with E-state index in [2.05, 4.69) is 45.9 Å². The van der Waals surface area contributed by atoms with Crippen LogP contribution in [0.5, 0.6) is 11.5 Å². The first-order valence-electron chi connectivity index (χ1n) is 11.5. The maximum absolute atomic E-state index is 12.2. The number of ketones is 1. The standard InChI is InChI=1S/C16H16O.C15H16O/c1-12(2)14-9-6-10-15(11-14)16(17)13-7-4-3-5-8-13;1-12(2)13-7-6-10-15(11-13)16-14-8-4-3-5-9-14/h3-12H,1-2H3;3-12H,1-2H3. The summed E-state index contributed by atoms with van der Waals surface area (Å²) in [6.45, 7) is 8.63. The third-order valence-electron chi connectivity index (χ3n) is 5.36. The molecular weight excluding hydrogens is 404 g/mol. The Labute approximate surface area is 197 Å². The van der Waals surface area contributed by atoms with Crippen LogP contribution in [0, 0.1) is 0 Å². The molecule has 0 aliphatic rings. The first-order chi connectivity index (χ1) is 15.9. The molecule has 0 fully saturated rings. The summed E-state index contributed by atoms with van der Waals surface area (Å²) in [5.74, 6) is 2.84. The molecule has 0 aromatic heterocycles. The van der Waals surface area contributed by atoms with E-state index in [0.29, 0.717) is 11.8 Å². The smallest absolute Gasteiger partial charge is 0.193 e. The highest BCUT2D eigenvalue weighted by molar-refractivity contribution is 6.09. The molecule has 0 spiro atoms. The average Bonchev–Trinajstić information content (AvgIpc) is 2.85. The number of hydrogen-bond acceptors (Lipinski definition) is 2. The van der Waals surface area contributed by atoms with E-state index in [0.717, 1.165) is 22.6 Å². The van der Waals surface area contributed by atoms with Crippen molar-refractivity contribution in [2.45, 2.75) is 39.5 Å². The van der Waals surface area contributed by atoms with Crippen molar-refractivity contribution in [1.82, 2.24) is 0 Å². The van der Waals surface area contributed by atoms with E-state index >= 15 is 0 Å². The summed E-state index contributed by atoms with van der Waals surface area (Å²) in [5, 5.41) is 0. The van der Waals surface area contributed by atoms with Crippen molar-refractivity contribution in [2.75, 3.05) is 0 Å². The van der Waals surface area contributed by atoms with Gasteiger partial charge in [0.25, 0.3) is 0 Å². The predicted molar refractivity (Wildman–Crippen MR) is 137 cm³/mol. The zero-order chi connectivity index (χ0) is 23.6. The van der Waals surface area contributed by atoms with Crippen molar-refractivity contribution >= 4 is 5.78 Å². The Morgan fingerprint density at radius 2 is 1.03 bits per heavy atom. The van der Waals surface area contributed by atoms with E-state index in [1.807, 2.05) is 91.0 Å². The number of hydrogen-bond donors (Lipinski definition) is 0. The van der Waals surface area contributed by atoms with E-state index in [1.54, 1.807) is 0 Å². The molecule has 4 aromatic rings. The van der Waals surface area contributed by atoms with Gasteiger partial charge in [-0.15, -0.1) is 0 Å². The fraction of sp³-hybridized carbons (Fsp3) is 0.194. The van der Waals surface area contributed by atoms with E-state index < -0.39 is 0 Å². The van der Waals surface area contributed by atoms with Crippen LogP contribution < -0.4 is 4.74 Å². The molecule has 4 aromatic carbocycles. The third kappa shape index (κ3) is 7.18. The summed E-state index contributed by atoms with van der Waals surface area (Å²) in [5.41, 5.74) is 4.01. The average molecular weight is 437 g/mol. The number of benzene rings is 4. The fourth-order valence-corrected chi connectivity index (χ4v) is 3.36. The molecule has 0 aliphatic heterocycles. The highest BCUT2D eigenvalue weighted by atomic mass is 16.5. The van der Waals surface area contributed by atoms with Crippen LogP contribution in [0.25, 0.3) is 0 Å². The largest absolute Gasteiger partial charge is 0.457 e. The monoisotopic (exact) mass is 436 g/mol. The molecule has 0 radical (unpaired) electrons. The minimum absolute atomic E-state index is 0.0908. The van der Waals surface area contributed by atoms with Gasteiger partial charge in [-0.25, -0.2) is 0 Å². The maximum Gasteiger partial charge on any atom is 0.193 e. The van der Waals surface area contributed by atoms with Gasteiger partial charge >= 0.3 is 0 Å². The Kier molecular flexibility index (Phi) is 8.60. The van der Waals surface area contributed by atoms with Crippen LogP contribution in [0.4, 0.5) is 0 Å². The number of carbonyl (C=O) groups is 1. The molecule has 0 bridgehead atoms. The fourth-order valence-electron chi connectivity index (χ4n) is 3.36. The van der Waals surface area contributed by atoms with E-state index in [4.69, 9.17) is 4.74 Å². The summed E-state index contributed by atoms with van der Waals surface area (Å²) in [6.07, 6.45) is 0. The van der Waals surface area contributed by atoms with Crippen LogP contribution in [0.15, 0.2) is 109 Å². The Morgan fingerprint density at radius 1 is 0.545 bits per heavy atom. The summed E-state index contributed by atoms with van der Waals surface area (Å²) >= 11 is 0. The predicted octanol–water partition coefficient (Wildman–Crippen LogP) is 8.64. The number of rotatable bonds is 6. The summed E-state index contributed by atoms with van der Waals surface area (Å²) in [6, 6.07) is 35.4. The van der Waals surface area contributed by atoms with Crippen LogP contribution in [0.3, 0.4) is 0 Å². The zero-order valence-corrected chi connectivity index (χ0v) is 19.9. The van der Waals surface area contributed by atoms with Gasteiger partial charge in [0.15, 0.2) is 5.78 Å². The SMILES string of the molecule is CC(C)c1cccc(C(=O)c2ccccc2)c1.CC(C)c1cccc(Oc2ccccc2)c1. The maximum atomic E-state index is 12.2. The lowest BCUT2D eigenvalue weighted by Crippen LogP contribution is -2.02. The minimum atomic E-state index is 0.0908. The molecule has 0 N–H and O–H groups in total. The molecule has 0 heterocycles. The van der Waals surface area contributed by atoms with E-state index in [1.165, 1.54) is 11.1 Å². The second kappa shape index (κ2) is 11.8. The Hall–Kier alpha value is -3.65. The van der Waals surface area contributed by atoms with E-state index in [-0.39, 0.29) is 5.78 Å². The van der Waals surface area contributed by atoms with Crippen LogP contribution >= 0.6 is 0 Å². The zero-order valence-electron chi connectivity index (χ0n) is 19.9. The second-order valence-corrected chi connectivity index (χ2v) is 8.62. The van der Waals surface area contributed by atoms with Crippen LogP contribution in [0.1, 0.15) is 66.6 Å². The molecule has 0 unspecified atom stereocenters. The molecule has 0 aliphatic carbocycles. The lowest BCUT2D eigenvalue weighted by Gasteiger charge is -2.09. The minimum Gasteiger partial charge on any atom is -0.457 e. The second-order valence-electron chi connectivity index (χ2n) is 8.62. The Balaban J connectivity index is 0.000000186. The van der Waals surface area contributed by atoms with Crippen molar-refractivity contribution in [3.05, 3.63) is 131 Å². The van der Waals surface area contributed by atoms with Gasteiger partial charge in [0.1, 0.15) is 11.5 Å². The van der Waals surface area contributed by atoms with Gasteiger partial charge in [0, 0.05) is 11.1 Å². The normalized spacial score (nSPS) is 10.5. The molecule has 0 atom stereocenters. The molecule has 2 nitrogen and oxygen atoms in total. The van der Waals surface area contributed by atoms with Gasteiger partial charge in [-0.3, -0.25) is 4.79 Å². The summed E-state index contributed by atoms with van der Waals surface area (Å²) in [7, 11) is 0. The molecule has 0 saturated carbocycles. The van der Waals surface area contributed by atoms with Gasteiger partial charge < -0.3 is 4.74 Å². The van der Waals surface area contributed by atoms with Crippen LogP contribution in [-0.4, -0.2) is 5.78 Å². The molecule has 2 heteroatoms. The van der Waals surface area contributed by atoms with Gasteiger partial charge in [0.2, 0.25) is 0 Å². The van der Waals surface area contributed by atoms with Gasteiger partial charge in [-0.1, -0.05) is 107 Å². The van der Waals surface area contributed by atoms with E-state index in [9.17, 15) is 4.79 Å². The van der Waals surface area contributed by atoms with Crippen molar-refractivity contribution in [3.63, 3.8) is 0 Å². The number of para-hydroxylation sites is 1. The van der Waals surface area contributed by atoms with Crippen molar-refractivity contribution < 1.29 is 9.53 Å². The molecule has 33 heavy (non-hydrogen) atoms. The summed E-state index contributed by atoms with van der Waals surface area (Å²) < 4.78 is 5.77. The lowest BCUT2D eigenvalue weighted by molar-refractivity contribution is 0.103. The highest BCUT2D eigenvalue weighted by Crippen LogP contribution is 2.24. The summed E-state index contributed by atoms with van der Waals surface area (Å²) in [4.78, 5) is 12.2. The van der Waals surface area contributed by atoms with Crippen molar-refractivity contribution in [2.24, 2.45) is 0 Å². The van der Waals surface area contributed by atoms with Crippen LogP contribution in [0.2, 0.25) is 0 Å². The first-order valence-corrected chi connectivity index (χ1v) is 11.5. The quantitative estimate of drug-likeness (QED) is 0.283. The Morgan fingerprint density at radius 3 is 1.64 bits per heavy atom. The lowest BCUT2D eigenvalue weighted by atomic mass is 9.97. The Bertz CT molecular complexity index is 1150. The molecular formula is C31H32O2. The van der Waals surface area contributed by atoms with Crippen LogP contribution in [-0.2, 0) is 0 Å². The topological polar surface area (TPSA) is 26.3 Å². The van der Waals surface area contributed by atoms with Gasteiger partial charge in [-0.2, -0.15) is 0 Å². The van der Waals surface area contributed by atoms with Crippen molar-refractivity contribution in [3.8, 4) is 11.5 Å². The molecule has 168 valence electrons. The first kappa shape index (κ1) is 24.0. The number of ether oxygens (including phenoxy) is 1. The highest BCUT2D eigenvalue weighted by Gasteiger charge is 2.09. The molecule has 0 amide bonds.